The van der Waals surface area contributed by atoms with Gasteiger partial charge in [-0.2, -0.15) is 0 Å². The van der Waals surface area contributed by atoms with Crippen LogP contribution >= 0.6 is 11.3 Å². The van der Waals surface area contributed by atoms with Crippen LogP contribution in [0.3, 0.4) is 0 Å². The van der Waals surface area contributed by atoms with Gasteiger partial charge >= 0.3 is 0 Å². The van der Waals surface area contributed by atoms with Crippen LogP contribution in [0.2, 0.25) is 0 Å². The summed E-state index contributed by atoms with van der Waals surface area (Å²) in [6.45, 7) is 6.34. The molecule has 0 aliphatic carbocycles. The molecule has 0 saturated heterocycles. The lowest BCUT2D eigenvalue weighted by molar-refractivity contribution is 0.104. The molecule has 0 aliphatic heterocycles. The maximum atomic E-state index is 5.45. The summed E-state index contributed by atoms with van der Waals surface area (Å²) in [7, 11) is 1.71. The van der Waals surface area contributed by atoms with E-state index in [2.05, 4.69) is 23.7 Å². The van der Waals surface area contributed by atoms with Crippen molar-refractivity contribution in [1.29, 1.82) is 0 Å². The third kappa shape index (κ3) is 5.61. The van der Waals surface area contributed by atoms with Crippen molar-refractivity contribution in [2.75, 3.05) is 33.5 Å². The molecule has 0 aromatic carbocycles. The first kappa shape index (κ1) is 13.6. The Morgan fingerprint density at radius 1 is 1.31 bits per heavy atom. The highest BCUT2D eigenvalue weighted by Crippen LogP contribution is 2.14. The van der Waals surface area contributed by atoms with E-state index >= 15 is 0 Å². The number of methoxy groups -OCH3 is 1. The monoisotopic (exact) mass is 243 g/mol. The van der Waals surface area contributed by atoms with E-state index in [-0.39, 0.29) is 0 Å². The maximum Gasteiger partial charge on any atom is 0.0591 e. The Balaban J connectivity index is 1.91. The summed E-state index contributed by atoms with van der Waals surface area (Å²) in [5, 5.41) is 5.51. The fourth-order valence-electron chi connectivity index (χ4n) is 1.34. The quantitative estimate of drug-likeness (QED) is 0.674. The molecule has 1 heterocycles. The Kier molecular flexibility index (Phi) is 7.42. The standard InChI is InChI=1S/C12H21NO2S/c1-11-4-9-16-12(11)10-13-5-8-15-7-3-6-14-2/h4,9,13H,3,5-8,10H2,1-2H3. The van der Waals surface area contributed by atoms with Crippen LogP contribution in [0.1, 0.15) is 16.9 Å². The highest BCUT2D eigenvalue weighted by molar-refractivity contribution is 7.10. The molecule has 16 heavy (non-hydrogen) atoms. The zero-order valence-electron chi connectivity index (χ0n) is 10.1. The number of aryl methyl sites for hydroxylation is 1. The molecule has 0 atom stereocenters. The van der Waals surface area contributed by atoms with E-state index in [1.807, 2.05) is 0 Å². The summed E-state index contributed by atoms with van der Waals surface area (Å²) in [6.07, 6.45) is 0.973. The van der Waals surface area contributed by atoms with E-state index in [0.29, 0.717) is 0 Å². The highest BCUT2D eigenvalue weighted by Gasteiger charge is 1.98. The van der Waals surface area contributed by atoms with Gasteiger partial charge in [0.1, 0.15) is 0 Å². The van der Waals surface area contributed by atoms with Gasteiger partial charge in [0.25, 0.3) is 0 Å². The molecular formula is C12H21NO2S. The molecule has 1 N–H and O–H groups in total. The van der Waals surface area contributed by atoms with E-state index in [4.69, 9.17) is 9.47 Å². The highest BCUT2D eigenvalue weighted by atomic mass is 32.1. The normalized spacial score (nSPS) is 10.9. The van der Waals surface area contributed by atoms with Crippen LogP contribution < -0.4 is 5.32 Å². The van der Waals surface area contributed by atoms with Crippen molar-refractivity contribution in [3.8, 4) is 0 Å². The van der Waals surface area contributed by atoms with Crippen molar-refractivity contribution in [2.24, 2.45) is 0 Å². The first-order chi connectivity index (χ1) is 7.84. The molecular weight excluding hydrogens is 222 g/mol. The predicted molar refractivity (Wildman–Crippen MR) is 68.1 cm³/mol. The molecule has 0 amide bonds. The van der Waals surface area contributed by atoms with Gasteiger partial charge in [0.05, 0.1) is 6.61 Å². The zero-order chi connectivity index (χ0) is 11.6. The number of rotatable bonds is 9. The summed E-state index contributed by atoms with van der Waals surface area (Å²) < 4.78 is 10.4. The van der Waals surface area contributed by atoms with Gasteiger partial charge in [-0.1, -0.05) is 0 Å². The second-order valence-corrected chi connectivity index (χ2v) is 4.66. The molecule has 0 saturated carbocycles. The molecule has 0 fully saturated rings. The topological polar surface area (TPSA) is 30.5 Å². The van der Waals surface area contributed by atoms with Gasteiger partial charge in [-0.25, -0.2) is 0 Å². The average Bonchev–Trinajstić information content (AvgIpc) is 2.68. The van der Waals surface area contributed by atoms with E-state index < -0.39 is 0 Å². The van der Waals surface area contributed by atoms with Crippen molar-refractivity contribution in [2.45, 2.75) is 19.9 Å². The Morgan fingerprint density at radius 3 is 2.88 bits per heavy atom. The smallest absolute Gasteiger partial charge is 0.0591 e. The lowest BCUT2D eigenvalue weighted by Crippen LogP contribution is -2.19. The number of thiophene rings is 1. The van der Waals surface area contributed by atoms with Gasteiger partial charge < -0.3 is 14.8 Å². The Hall–Kier alpha value is -0.420. The summed E-state index contributed by atoms with van der Waals surface area (Å²) in [4.78, 5) is 1.42. The predicted octanol–water partition coefficient (Wildman–Crippen LogP) is 2.20. The molecule has 1 aromatic rings. The molecule has 0 unspecified atom stereocenters. The Labute approximate surface area is 102 Å². The Bertz CT molecular complexity index is 276. The second-order valence-electron chi connectivity index (χ2n) is 3.66. The second kappa shape index (κ2) is 8.70. The summed E-state index contributed by atoms with van der Waals surface area (Å²) in [5.74, 6) is 0. The van der Waals surface area contributed by atoms with Gasteiger partial charge in [-0.3, -0.25) is 0 Å². The van der Waals surface area contributed by atoms with Crippen molar-refractivity contribution in [3.63, 3.8) is 0 Å². The fourth-order valence-corrected chi connectivity index (χ4v) is 2.21. The summed E-state index contributed by atoms with van der Waals surface area (Å²) >= 11 is 1.80. The van der Waals surface area contributed by atoms with Gasteiger partial charge in [0.15, 0.2) is 0 Å². The van der Waals surface area contributed by atoms with Crippen LogP contribution in [0.25, 0.3) is 0 Å². The maximum absolute atomic E-state index is 5.45. The van der Waals surface area contributed by atoms with Crippen LogP contribution in [0.4, 0.5) is 0 Å². The first-order valence-corrected chi connectivity index (χ1v) is 6.53. The molecule has 1 rings (SSSR count). The average molecular weight is 243 g/mol. The SMILES string of the molecule is COCCCOCCNCc1sccc1C. The van der Waals surface area contributed by atoms with Crippen LogP contribution in [-0.4, -0.2) is 33.5 Å². The van der Waals surface area contributed by atoms with Gasteiger partial charge in [0.2, 0.25) is 0 Å². The molecule has 0 radical (unpaired) electrons. The minimum absolute atomic E-state index is 0.772. The van der Waals surface area contributed by atoms with Crippen molar-refractivity contribution >= 4 is 11.3 Å². The Morgan fingerprint density at radius 2 is 2.19 bits per heavy atom. The molecule has 4 heteroatoms. The minimum atomic E-state index is 0.772. The first-order valence-electron chi connectivity index (χ1n) is 5.65. The third-order valence-corrected chi connectivity index (χ3v) is 3.34. The zero-order valence-corrected chi connectivity index (χ0v) is 10.9. The number of hydrogen-bond acceptors (Lipinski definition) is 4. The van der Waals surface area contributed by atoms with E-state index in [9.17, 15) is 0 Å². The van der Waals surface area contributed by atoms with Crippen LogP contribution in [0, 0.1) is 6.92 Å². The number of hydrogen-bond donors (Lipinski definition) is 1. The van der Waals surface area contributed by atoms with Gasteiger partial charge in [0, 0.05) is 38.3 Å². The molecule has 1 aromatic heterocycles. The third-order valence-electron chi connectivity index (χ3n) is 2.31. The summed E-state index contributed by atoms with van der Waals surface area (Å²) in [6, 6.07) is 2.16. The fraction of sp³-hybridized carbons (Fsp3) is 0.667. The van der Waals surface area contributed by atoms with Crippen LogP contribution in [0.5, 0.6) is 0 Å². The van der Waals surface area contributed by atoms with Gasteiger partial charge in [-0.15, -0.1) is 11.3 Å². The molecule has 3 nitrogen and oxygen atoms in total. The van der Waals surface area contributed by atoms with E-state index in [1.54, 1.807) is 18.4 Å². The lowest BCUT2D eigenvalue weighted by Gasteiger charge is -2.05. The molecule has 0 bridgehead atoms. The van der Waals surface area contributed by atoms with Crippen LogP contribution in [-0.2, 0) is 16.0 Å². The minimum Gasteiger partial charge on any atom is -0.385 e. The summed E-state index contributed by atoms with van der Waals surface area (Å²) in [5.41, 5.74) is 1.37. The molecule has 0 spiro atoms. The molecule has 0 aliphatic rings. The lowest BCUT2D eigenvalue weighted by atomic mass is 10.3. The van der Waals surface area contributed by atoms with E-state index in [1.165, 1.54) is 10.4 Å². The number of nitrogens with one attached hydrogen (secondary N) is 1. The van der Waals surface area contributed by atoms with Crippen molar-refractivity contribution in [1.82, 2.24) is 5.32 Å². The van der Waals surface area contributed by atoms with Crippen molar-refractivity contribution in [3.05, 3.63) is 21.9 Å². The van der Waals surface area contributed by atoms with Gasteiger partial charge in [-0.05, 0) is 30.4 Å². The van der Waals surface area contributed by atoms with E-state index in [0.717, 1.165) is 39.3 Å². The largest absolute Gasteiger partial charge is 0.385 e. The molecule has 92 valence electrons. The van der Waals surface area contributed by atoms with Crippen molar-refractivity contribution < 1.29 is 9.47 Å². The van der Waals surface area contributed by atoms with Crippen LogP contribution in [0.15, 0.2) is 11.4 Å². The number of ether oxygens (including phenoxy) is 2.